The van der Waals surface area contributed by atoms with Gasteiger partial charge in [-0.15, -0.1) is 0 Å². The van der Waals surface area contributed by atoms with Crippen molar-refractivity contribution in [1.82, 2.24) is 4.90 Å². The summed E-state index contributed by atoms with van der Waals surface area (Å²) in [7, 11) is 4.70. The molecule has 0 spiro atoms. The van der Waals surface area contributed by atoms with E-state index in [0.29, 0.717) is 23.6 Å². The van der Waals surface area contributed by atoms with Gasteiger partial charge in [0.15, 0.2) is 0 Å². The van der Waals surface area contributed by atoms with Crippen molar-refractivity contribution in [2.24, 2.45) is 0 Å². The van der Waals surface area contributed by atoms with Crippen LogP contribution in [0.25, 0.3) is 0 Å². The lowest BCUT2D eigenvalue weighted by molar-refractivity contribution is -0.145. The summed E-state index contributed by atoms with van der Waals surface area (Å²) in [5.74, 6) is 1.37. The molecule has 0 aliphatic rings. The third kappa shape index (κ3) is 6.16. The maximum absolute atomic E-state index is 13.8. The Bertz CT molecular complexity index is 1160. The molecule has 36 heavy (non-hydrogen) atoms. The van der Waals surface area contributed by atoms with Gasteiger partial charge in [0, 0.05) is 12.6 Å². The Morgan fingerprint density at radius 3 is 2.06 bits per heavy atom. The van der Waals surface area contributed by atoms with Crippen LogP contribution in [0, 0.1) is 0 Å². The molecule has 0 bridgehead atoms. The zero-order chi connectivity index (χ0) is 26.1. The predicted molar refractivity (Wildman–Crippen MR) is 141 cm³/mol. The van der Waals surface area contributed by atoms with Crippen molar-refractivity contribution in [1.29, 1.82) is 0 Å². The van der Waals surface area contributed by atoms with Crippen molar-refractivity contribution < 1.29 is 23.8 Å². The van der Waals surface area contributed by atoms with E-state index in [9.17, 15) is 9.59 Å². The highest BCUT2D eigenvalue weighted by atomic mass is 16.5. The van der Waals surface area contributed by atoms with Crippen molar-refractivity contribution in [2.75, 3.05) is 26.6 Å². The number of carbonyl (C=O) groups excluding carboxylic acids is 2. The van der Waals surface area contributed by atoms with E-state index in [2.05, 4.69) is 5.32 Å². The predicted octanol–water partition coefficient (Wildman–Crippen LogP) is 5.09. The van der Waals surface area contributed by atoms with E-state index in [0.717, 1.165) is 16.9 Å². The van der Waals surface area contributed by atoms with Crippen molar-refractivity contribution in [3.8, 4) is 17.2 Å². The minimum atomic E-state index is -1.13. The zero-order valence-corrected chi connectivity index (χ0v) is 21.5. The summed E-state index contributed by atoms with van der Waals surface area (Å²) in [5.41, 5.74) is 1.16. The van der Waals surface area contributed by atoms with Crippen LogP contribution in [-0.2, 0) is 22.6 Å². The molecule has 7 nitrogen and oxygen atoms in total. The van der Waals surface area contributed by atoms with Crippen molar-refractivity contribution in [2.45, 2.75) is 38.8 Å². The lowest BCUT2D eigenvalue weighted by atomic mass is 9.92. The van der Waals surface area contributed by atoms with Crippen LogP contribution in [0.15, 0.2) is 72.8 Å². The molecule has 3 aromatic rings. The van der Waals surface area contributed by atoms with E-state index < -0.39 is 5.54 Å². The van der Waals surface area contributed by atoms with Crippen LogP contribution in [0.1, 0.15) is 31.4 Å². The lowest BCUT2D eigenvalue weighted by Crippen LogP contribution is -2.56. The fourth-order valence-corrected chi connectivity index (χ4v) is 3.95. The second-order valence-corrected chi connectivity index (χ2v) is 8.64. The fraction of sp³-hybridized carbons (Fsp3) is 0.310. The first-order valence-electron chi connectivity index (χ1n) is 11.9. The Labute approximate surface area is 213 Å². The number of carbonyl (C=O) groups is 2. The van der Waals surface area contributed by atoms with Gasteiger partial charge in [-0.25, -0.2) is 0 Å². The van der Waals surface area contributed by atoms with Crippen LogP contribution in [0.4, 0.5) is 5.69 Å². The molecular formula is C29H34N2O5. The second-order valence-electron chi connectivity index (χ2n) is 8.64. The summed E-state index contributed by atoms with van der Waals surface area (Å²) in [6.45, 7) is 3.97. The van der Waals surface area contributed by atoms with E-state index in [-0.39, 0.29) is 24.8 Å². The highest BCUT2D eigenvalue weighted by molar-refractivity contribution is 6.01. The maximum atomic E-state index is 13.8. The largest absolute Gasteiger partial charge is 0.497 e. The average Bonchev–Trinajstić information content (AvgIpc) is 2.92. The molecule has 0 saturated carbocycles. The van der Waals surface area contributed by atoms with E-state index in [1.165, 1.54) is 7.11 Å². The highest BCUT2D eigenvalue weighted by Crippen LogP contribution is 2.32. The van der Waals surface area contributed by atoms with Gasteiger partial charge in [-0.3, -0.25) is 9.59 Å². The normalized spacial score (nSPS) is 12.2. The molecule has 2 amide bonds. The van der Waals surface area contributed by atoms with Gasteiger partial charge in [-0.1, -0.05) is 49.4 Å². The number of hydrogen-bond acceptors (Lipinski definition) is 5. The Balaban J connectivity index is 1.95. The molecule has 1 atom stereocenters. The summed E-state index contributed by atoms with van der Waals surface area (Å²) in [4.78, 5) is 29.1. The van der Waals surface area contributed by atoms with Gasteiger partial charge in [0.05, 0.1) is 33.4 Å². The zero-order valence-electron chi connectivity index (χ0n) is 21.5. The summed E-state index contributed by atoms with van der Waals surface area (Å²) >= 11 is 0. The number of hydrogen-bond donors (Lipinski definition) is 1. The first-order valence-corrected chi connectivity index (χ1v) is 11.9. The molecular weight excluding hydrogens is 456 g/mol. The third-order valence-corrected chi connectivity index (χ3v) is 6.43. The number of nitrogens with zero attached hydrogens (tertiary/aromatic N) is 1. The SMILES string of the molecule is CCC(C)(C(=O)Nc1ccc(OC)cc1OC)N(Cc1ccc(OC)cc1)C(=O)Cc1ccccc1. The van der Waals surface area contributed by atoms with Crippen LogP contribution in [-0.4, -0.2) is 43.6 Å². The van der Waals surface area contributed by atoms with Crippen molar-refractivity contribution >= 4 is 17.5 Å². The van der Waals surface area contributed by atoms with Crippen molar-refractivity contribution in [3.05, 3.63) is 83.9 Å². The van der Waals surface area contributed by atoms with Crippen LogP contribution in [0.2, 0.25) is 0 Å². The van der Waals surface area contributed by atoms with Crippen LogP contribution in [0.3, 0.4) is 0 Å². The van der Waals surface area contributed by atoms with Crippen LogP contribution >= 0.6 is 0 Å². The summed E-state index contributed by atoms with van der Waals surface area (Å²) in [6.07, 6.45) is 0.597. The molecule has 0 aromatic heterocycles. The Morgan fingerprint density at radius 1 is 0.833 bits per heavy atom. The monoisotopic (exact) mass is 490 g/mol. The van der Waals surface area contributed by atoms with E-state index in [4.69, 9.17) is 14.2 Å². The molecule has 0 aliphatic carbocycles. The number of anilines is 1. The quantitative estimate of drug-likeness (QED) is 0.405. The van der Waals surface area contributed by atoms with Crippen LogP contribution in [0.5, 0.6) is 17.2 Å². The topological polar surface area (TPSA) is 77.1 Å². The molecule has 0 radical (unpaired) electrons. The average molecular weight is 491 g/mol. The molecule has 0 fully saturated rings. The highest BCUT2D eigenvalue weighted by Gasteiger charge is 2.41. The molecule has 190 valence electrons. The first-order chi connectivity index (χ1) is 17.3. The van der Waals surface area contributed by atoms with Gasteiger partial charge >= 0.3 is 0 Å². The van der Waals surface area contributed by atoms with Gasteiger partial charge in [-0.05, 0) is 48.7 Å². The summed E-state index contributed by atoms with van der Waals surface area (Å²) in [6, 6.07) is 22.2. The number of methoxy groups -OCH3 is 3. The number of rotatable bonds is 11. The maximum Gasteiger partial charge on any atom is 0.250 e. The molecule has 1 unspecified atom stereocenters. The van der Waals surface area contributed by atoms with E-state index in [1.54, 1.807) is 44.2 Å². The van der Waals surface area contributed by atoms with E-state index >= 15 is 0 Å². The van der Waals surface area contributed by atoms with Gasteiger partial charge in [0.2, 0.25) is 11.8 Å². The summed E-state index contributed by atoms with van der Waals surface area (Å²) < 4.78 is 16.0. The number of amides is 2. The van der Waals surface area contributed by atoms with E-state index in [1.807, 2.05) is 61.5 Å². The Kier molecular flexibility index (Phi) is 8.95. The summed E-state index contributed by atoms with van der Waals surface area (Å²) in [5, 5.41) is 2.97. The van der Waals surface area contributed by atoms with Gasteiger partial charge in [0.25, 0.3) is 0 Å². The molecule has 7 heteroatoms. The number of benzene rings is 3. The van der Waals surface area contributed by atoms with Gasteiger partial charge in [-0.2, -0.15) is 0 Å². The lowest BCUT2D eigenvalue weighted by Gasteiger charge is -2.40. The van der Waals surface area contributed by atoms with Gasteiger partial charge < -0.3 is 24.4 Å². The number of nitrogens with one attached hydrogen (secondary N) is 1. The van der Waals surface area contributed by atoms with Crippen LogP contribution < -0.4 is 19.5 Å². The minimum absolute atomic E-state index is 0.141. The molecule has 3 rings (SSSR count). The first kappa shape index (κ1) is 26.6. The fourth-order valence-electron chi connectivity index (χ4n) is 3.95. The van der Waals surface area contributed by atoms with Gasteiger partial charge in [0.1, 0.15) is 22.8 Å². The minimum Gasteiger partial charge on any atom is -0.497 e. The number of ether oxygens (including phenoxy) is 3. The Hall–Kier alpha value is -4.00. The standard InChI is InChI=1S/C29H34N2O5/c1-6-29(2,28(33)30-25-17-16-24(35-4)19-26(25)36-5)31(20-22-12-14-23(34-3)15-13-22)27(32)18-21-10-8-7-9-11-21/h7-17,19H,6,18,20H2,1-5H3,(H,30,33). The smallest absolute Gasteiger partial charge is 0.250 e. The second kappa shape index (κ2) is 12.1. The third-order valence-electron chi connectivity index (χ3n) is 6.43. The Morgan fingerprint density at radius 2 is 1.47 bits per heavy atom. The molecule has 0 heterocycles. The molecule has 0 aliphatic heterocycles. The van der Waals surface area contributed by atoms with Crippen molar-refractivity contribution in [3.63, 3.8) is 0 Å². The molecule has 0 saturated heterocycles. The molecule has 1 N–H and O–H groups in total. The molecule has 3 aromatic carbocycles.